The normalized spacial score (nSPS) is 18.5. The molecule has 1 aliphatic rings. The Balaban J connectivity index is 1.93. The summed E-state index contributed by atoms with van der Waals surface area (Å²) in [5, 5.41) is 8.22. The van der Waals surface area contributed by atoms with Crippen molar-refractivity contribution in [3.63, 3.8) is 0 Å². The molecule has 0 aromatic carbocycles. The van der Waals surface area contributed by atoms with E-state index in [1.54, 1.807) is 24.1 Å². The van der Waals surface area contributed by atoms with Gasteiger partial charge in [0.05, 0.1) is 18.4 Å². The lowest BCUT2D eigenvalue weighted by molar-refractivity contribution is -0.130. The van der Waals surface area contributed by atoms with E-state index in [0.717, 1.165) is 25.9 Å². The van der Waals surface area contributed by atoms with Crippen molar-refractivity contribution in [1.82, 2.24) is 19.9 Å². The molecule has 14 heavy (non-hydrogen) atoms. The van der Waals surface area contributed by atoms with Crippen LogP contribution in [0.4, 0.5) is 0 Å². The van der Waals surface area contributed by atoms with Gasteiger partial charge >= 0.3 is 0 Å². The lowest BCUT2D eigenvalue weighted by atomic mass is 10.1. The zero-order chi connectivity index (χ0) is 9.97. The number of nitrogens with zero attached hydrogens (tertiary/aromatic N) is 4. The summed E-state index contributed by atoms with van der Waals surface area (Å²) < 4.78 is 0. The molecule has 0 bridgehead atoms. The van der Waals surface area contributed by atoms with Gasteiger partial charge in [0.2, 0.25) is 5.91 Å². The zero-order valence-corrected chi connectivity index (χ0v) is 8.26. The third-order valence-electron chi connectivity index (χ3n) is 2.67. The van der Waals surface area contributed by atoms with Gasteiger partial charge in [-0.25, -0.2) is 0 Å². The molecule has 1 amide bonds. The third kappa shape index (κ3) is 1.76. The summed E-state index contributed by atoms with van der Waals surface area (Å²) in [5.74, 6) is 0.164. The van der Waals surface area contributed by atoms with Gasteiger partial charge < -0.3 is 4.90 Å². The maximum Gasteiger partial charge on any atom is 0.219 e. The van der Waals surface area contributed by atoms with E-state index in [9.17, 15) is 4.79 Å². The maximum absolute atomic E-state index is 11.1. The molecule has 0 spiro atoms. The number of amides is 1. The number of hydrogen-bond donors (Lipinski definition) is 0. The van der Waals surface area contributed by atoms with Gasteiger partial charge in [-0.3, -0.25) is 4.79 Å². The van der Waals surface area contributed by atoms with Crippen LogP contribution in [0.5, 0.6) is 0 Å². The molecule has 0 saturated carbocycles. The van der Waals surface area contributed by atoms with Crippen LogP contribution in [0.15, 0.2) is 12.4 Å². The Morgan fingerprint density at radius 3 is 2.36 bits per heavy atom. The van der Waals surface area contributed by atoms with Gasteiger partial charge in [0, 0.05) is 20.0 Å². The Bertz CT molecular complexity index is 301. The zero-order valence-electron chi connectivity index (χ0n) is 8.26. The molecule has 2 rings (SSSR count). The molecule has 5 nitrogen and oxygen atoms in total. The predicted octanol–water partition coefficient (Wildman–Crippen LogP) is 0.462. The molecular formula is C9H14N4O. The smallest absolute Gasteiger partial charge is 0.219 e. The van der Waals surface area contributed by atoms with Gasteiger partial charge in [-0.1, -0.05) is 0 Å². The van der Waals surface area contributed by atoms with Crippen LogP contribution in [0.25, 0.3) is 0 Å². The van der Waals surface area contributed by atoms with E-state index in [2.05, 4.69) is 10.2 Å². The van der Waals surface area contributed by atoms with E-state index in [1.807, 2.05) is 4.90 Å². The van der Waals surface area contributed by atoms with Gasteiger partial charge in [0.1, 0.15) is 0 Å². The fraction of sp³-hybridized carbons (Fsp3) is 0.667. The van der Waals surface area contributed by atoms with Gasteiger partial charge in [0.25, 0.3) is 0 Å². The van der Waals surface area contributed by atoms with Gasteiger partial charge in [-0.05, 0) is 12.8 Å². The second kappa shape index (κ2) is 3.77. The van der Waals surface area contributed by atoms with E-state index in [0.29, 0.717) is 6.04 Å². The summed E-state index contributed by atoms with van der Waals surface area (Å²) in [6, 6.07) is 0.362. The molecule has 1 saturated heterocycles. The first-order valence-electron chi connectivity index (χ1n) is 4.88. The van der Waals surface area contributed by atoms with E-state index in [-0.39, 0.29) is 5.91 Å². The van der Waals surface area contributed by atoms with Crippen molar-refractivity contribution in [1.29, 1.82) is 0 Å². The lowest BCUT2D eigenvalue weighted by Gasteiger charge is -2.30. The standard InChI is InChI=1S/C9H14N4O/c1-8(14)12-6-2-9(3-7-12)13-10-4-5-11-13/h4-5,9H,2-3,6-7H2,1H3. The molecule has 1 aromatic heterocycles. The molecule has 0 atom stereocenters. The molecule has 0 radical (unpaired) electrons. The predicted molar refractivity (Wildman–Crippen MR) is 50.5 cm³/mol. The molecule has 1 aromatic rings. The third-order valence-corrected chi connectivity index (χ3v) is 2.67. The molecular weight excluding hydrogens is 180 g/mol. The van der Waals surface area contributed by atoms with Gasteiger partial charge in [-0.2, -0.15) is 15.0 Å². The minimum absolute atomic E-state index is 0.164. The number of carbonyl (C=O) groups excluding carboxylic acids is 1. The van der Waals surface area contributed by atoms with Crippen molar-refractivity contribution >= 4 is 5.91 Å². The minimum atomic E-state index is 0.164. The average molecular weight is 194 g/mol. The summed E-state index contributed by atoms with van der Waals surface area (Å²) in [6.45, 7) is 3.26. The molecule has 76 valence electrons. The highest BCUT2D eigenvalue weighted by atomic mass is 16.2. The number of piperidine rings is 1. The highest BCUT2D eigenvalue weighted by molar-refractivity contribution is 5.73. The molecule has 0 N–H and O–H groups in total. The highest BCUT2D eigenvalue weighted by Gasteiger charge is 2.22. The Hall–Kier alpha value is -1.39. The number of carbonyl (C=O) groups is 1. The molecule has 5 heteroatoms. The Morgan fingerprint density at radius 2 is 1.86 bits per heavy atom. The summed E-state index contributed by atoms with van der Waals surface area (Å²) in [4.78, 5) is 14.7. The summed E-state index contributed by atoms with van der Waals surface area (Å²) in [5.41, 5.74) is 0. The van der Waals surface area contributed by atoms with Crippen LogP contribution >= 0.6 is 0 Å². The topological polar surface area (TPSA) is 51.0 Å². The number of hydrogen-bond acceptors (Lipinski definition) is 3. The SMILES string of the molecule is CC(=O)N1CCC(n2nccn2)CC1. The van der Waals surface area contributed by atoms with Crippen molar-refractivity contribution < 1.29 is 4.79 Å². The first-order chi connectivity index (χ1) is 6.77. The largest absolute Gasteiger partial charge is 0.343 e. The number of likely N-dealkylation sites (tertiary alicyclic amines) is 1. The fourth-order valence-corrected chi connectivity index (χ4v) is 1.83. The lowest BCUT2D eigenvalue weighted by Crippen LogP contribution is -2.38. The summed E-state index contributed by atoms with van der Waals surface area (Å²) >= 11 is 0. The monoisotopic (exact) mass is 194 g/mol. The summed E-state index contributed by atoms with van der Waals surface area (Å²) in [6.07, 6.45) is 5.29. The van der Waals surface area contributed by atoms with Crippen molar-refractivity contribution in [3.05, 3.63) is 12.4 Å². The molecule has 1 aliphatic heterocycles. The molecule has 2 heterocycles. The minimum Gasteiger partial charge on any atom is -0.343 e. The quantitative estimate of drug-likeness (QED) is 0.652. The van der Waals surface area contributed by atoms with Crippen molar-refractivity contribution in [2.45, 2.75) is 25.8 Å². The van der Waals surface area contributed by atoms with Crippen LogP contribution < -0.4 is 0 Å². The molecule has 1 fully saturated rings. The van der Waals surface area contributed by atoms with Crippen LogP contribution in [0.3, 0.4) is 0 Å². The van der Waals surface area contributed by atoms with Crippen LogP contribution in [0.2, 0.25) is 0 Å². The second-order valence-electron chi connectivity index (χ2n) is 3.59. The maximum atomic E-state index is 11.1. The van der Waals surface area contributed by atoms with Gasteiger partial charge in [-0.15, -0.1) is 0 Å². The second-order valence-corrected chi connectivity index (χ2v) is 3.59. The number of aromatic nitrogens is 3. The fourth-order valence-electron chi connectivity index (χ4n) is 1.83. The van der Waals surface area contributed by atoms with E-state index in [4.69, 9.17) is 0 Å². The molecule has 0 unspecified atom stereocenters. The van der Waals surface area contributed by atoms with E-state index >= 15 is 0 Å². The Morgan fingerprint density at radius 1 is 1.29 bits per heavy atom. The van der Waals surface area contributed by atoms with Gasteiger partial charge in [0.15, 0.2) is 0 Å². The van der Waals surface area contributed by atoms with Crippen LogP contribution in [0, 0.1) is 0 Å². The van der Waals surface area contributed by atoms with Crippen molar-refractivity contribution in [2.24, 2.45) is 0 Å². The first kappa shape index (κ1) is 9.18. The van der Waals surface area contributed by atoms with Crippen molar-refractivity contribution in [2.75, 3.05) is 13.1 Å². The Labute approximate surface area is 82.7 Å². The van der Waals surface area contributed by atoms with E-state index < -0.39 is 0 Å². The van der Waals surface area contributed by atoms with Crippen molar-refractivity contribution in [3.8, 4) is 0 Å². The highest BCUT2D eigenvalue weighted by Crippen LogP contribution is 2.20. The van der Waals surface area contributed by atoms with E-state index in [1.165, 1.54) is 0 Å². The Kier molecular flexibility index (Phi) is 2.47. The van der Waals surface area contributed by atoms with Crippen LogP contribution in [-0.4, -0.2) is 38.9 Å². The molecule has 0 aliphatic carbocycles. The van der Waals surface area contributed by atoms with Crippen LogP contribution in [0.1, 0.15) is 25.8 Å². The van der Waals surface area contributed by atoms with Crippen LogP contribution in [-0.2, 0) is 4.79 Å². The number of rotatable bonds is 1. The first-order valence-corrected chi connectivity index (χ1v) is 4.88. The summed E-state index contributed by atoms with van der Waals surface area (Å²) in [7, 11) is 0. The average Bonchev–Trinajstić information content (AvgIpc) is 2.71.